The van der Waals surface area contributed by atoms with Crippen molar-refractivity contribution in [1.82, 2.24) is 0 Å². The summed E-state index contributed by atoms with van der Waals surface area (Å²) in [5, 5.41) is 0. The Balaban J connectivity index is 2.27. The fraction of sp³-hybridized carbons (Fsp3) is 0.500. The third kappa shape index (κ3) is 12.9. The number of nitrogens with two attached hydrogens (primary N) is 1. The van der Waals surface area contributed by atoms with Crippen molar-refractivity contribution < 1.29 is 52.3 Å². The molecule has 0 amide bonds. The Morgan fingerprint density at radius 2 is 1.30 bits per heavy atom. The van der Waals surface area contributed by atoms with Gasteiger partial charge in [0.25, 0.3) is 0 Å². The van der Waals surface area contributed by atoms with Crippen LogP contribution < -0.4 is 19.9 Å². The molecule has 2 atom stereocenters. The van der Waals surface area contributed by atoms with Gasteiger partial charge >= 0.3 is 24.4 Å². The number of methoxy groups -OCH3 is 1. The Bertz CT molecular complexity index is 1280. The lowest BCUT2D eigenvalue weighted by molar-refractivity contribution is -0.148. The molecular weight excluding hydrogens is 574 g/mol. The van der Waals surface area contributed by atoms with Crippen LogP contribution in [0.3, 0.4) is 0 Å². The SMILES string of the molecule is COC(=O)C(N)(Cc1ccc(OC(=O)OCC(C)(C)C)c(OC(=O)OCC(C)(C)C)c1)C[C@H](C)OC(=O)Oc1ccccc1. The first kappa shape index (κ1) is 35.9. The molecular formula is C32H43NO11. The Hall–Kier alpha value is -4.32. The average molecular weight is 618 g/mol. The average Bonchev–Trinajstić information content (AvgIpc) is 2.91. The summed E-state index contributed by atoms with van der Waals surface area (Å²) in [4.78, 5) is 50.0. The zero-order chi connectivity index (χ0) is 33.1. The molecule has 2 aromatic carbocycles. The Morgan fingerprint density at radius 1 is 0.750 bits per heavy atom. The van der Waals surface area contributed by atoms with E-state index in [4.69, 9.17) is 38.9 Å². The largest absolute Gasteiger partial charge is 0.514 e. The number of carbonyl (C=O) groups is 4. The van der Waals surface area contributed by atoms with E-state index in [1.807, 2.05) is 41.5 Å². The zero-order valence-electron chi connectivity index (χ0n) is 26.6. The monoisotopic (exact) mass is 617 g/mol. The van der Waals surface area contributed by atoms with Crippen LogP contribution in [-0.4, -0.2) is 56.4 Å². The van der Waals surface area contributed by atoms with Crippen molar-refractivity contribution in [3.05, 3.63) is 54.1 Å². The second kappa shape index (κ2) is 15.4. The molecule has 0 aromatic heterocycles. The van der Waals surface area contributed by atoms with Gasteiger partial charge in [-0.2, -0.15) is 0 Å². The van der Waals surface area contributed by atoms with E-state index < -0.39 is 36.1 Å². The van der Waals surface area contributed by atoms with Crippen LogP contribution in [0.2, 0.25) is 0 Å². The Morgan fingerprint density at radius 3 is 1.82 bits per heavy atom. The maximum absolute atomic E-state index is 12.8. The van der Waals surface area contributed by atoms with Crippen molar-refractivity contribution in [3.63, 3.8) is 0 Å². The van der Waals surface area contributed by atoms with Crippen molar-refractivity contribution in [1.29, 1.82) is 0 Å². The van der Waals surface area contributed by atoms with Gasteiger partial charge in [0.1, 0.15) is 17.4 Å². The fourth-order valence-electron chi connectivity index (χ4n) is 3.74. The zero-order valence-corrected chi connectivity index (χ0v) is 26.6. The van der Waals surface area contributed by atoms with Crippen LogP contribution in [0.5, 0.6) is 17.2 Å². The number of rotatable bonds is 11. The number of ether oxygens (including phenoxy) is 7. The summed E-state index contributed by atoms with van der Waals surface area (Å²) in [6.45, 7) is 13.0. The Kier molecular flexibility index (Phi) is 12.6. The van der Waals surface area contributed by atoms with Crippen LogP contribution in [0.25, 0.3) is 0 Å². The third-order valence-electron chi connectivity index (χ3n) is 5.65. The topological polar surface area (TPSA) is 159 Å². The predicted molar refractivity (Wildman–Crippen MR) is 160 cm³/mol. The standard InChI is InChI=1S/C32H43NO11/c1-21(41-29(37)42-23-12-10-9-11-13-23)17-32(33,26(34)38-8)18-22-14-15-24(43-27(35)39-19-30(2,3)4)25(16-22)44-28(36)40-20-31(5,6)7/h9-16,21H,17-20,33H2,1-8H3/t21-,32?/m0/s1. The minimum absolute atomic E-state index is 0.0637. The highest BCUT2D eigenvalue weighted by Crippen LogP contribution is 2.32. The van der Waals surface area contributed by atoms with Gasteiger partial charge in [-0.25, -0.2) is 14.4 Å². The maximum Gasteiger partial charge on any atom is 0.514 e. The lowest BCUT2D eigenvalue weighted by Gasteiger charge is -2.29. The van der Waals surface area contributed by atoms with Gasteiger partial charge in [-0.1, -0.05) is 65.8 Å². The molecule has 0 spiro atoms. The van der Waals surface area contributed by atoms with E-state index >= 15 is 0 Å². The van der Waals surface area contributed by atoms with Crippen molar-refractivity contribution in [2.45, 2.75) is 73.0 Å². The number of hydrogen-bond acceptors (Lipinski definition) is 12. The fourth-order valence-corrected chi connectivity index (χ4v) is 3.74. The van der Waals surface area contributed by atoms with E-state index in [2.05, 4.69) is 0 Å². The number of para-hydroxylation sites is 1. The van der Waals surface area contributed by atoms with Crippen LogP contribution in [0, 0.1) is 10.8 Å². The van der Waals surface area contributed by atoms with Gasteiger partial charge in [0.05, 0.1) is 20.3 Å². The molecule has 0 aliphatic rings. The summed E-state index contributed by atoms with van der Waals surface area (Å²) >= 11 is 0. The smallest absolute Gasteiger partial charge is 0.468 e. The number of carbonyl (C=O) groups excluding carboxylic acids is 4. The molecule has 2 rings (SSSR count). The normalized spacial score (nSPS) is 13.5. The van der Waals surface area contributed by atoms with Crippen LogP contribution in [0.1, 0.15) is 60.5 Å². The Labute approximate surface area is 258 Å². The number of hydrogen-bond donors (Lipinski definition) is 1. The second-order valence-corrected chi connectivity index (χ2v) is 12.8. The predicted octanol–water partition coefficient (Wildman–Crippen LogP) is 6.22. The molecule has 0 saturated heterocycles. The molecule has 0 radical (unpaired) electrons. The van der Waals surface area contributed by atoms with E-state index in [1.54, 1.807) is 37.3 Å². The molecule has 0 saturated carbocycles. The molecule has 0 bridgehead atoms. The molecule has 1 unspecified atom stereocenters. The van der Waals surface area contributed by atoms with Crippen molar-refractivity contribution in [3.8, 4) is 17.2 Å². The molecule has 2 N–H and O–H groups in total. The van der Waals surface area contributed by atoms with Gasteiger partial charge in [0.2, 0.25) is 0 Å². The summed E-state index contributed by atoms with van der Waals surface area (Å²) in [6.07, 6.45) is -4.15. The lowest BCUT2D eigenvalue weighted by Crippen LogP contribution is -2.53. The third-order valence-corrected chi connectivity index (χ3v) is 5.65. The summed E-state index contributed by atoms with van der Waals surface area (Å²) in [5.41, 5.74) is 4.60. The highest BCUT2D eigenvalue weighted by molar-refractivity contribution is 5.81. The summed E-state index contributed by atoms with van der Waals surface area (Å²) in [5.74, 6) is -0.782. The minimum Gasteiger partial charge on any atom is -0.468 e. The van der Waals surface area contributed by atoms with E-state index in [0.29, 0.717) is 5.56 Å². The molecule has 242 valence electrons. The number of esters is 1. The van der Waals surface area contributed by atoms with Gasteiger partial charge in [-0.05, 0) is 47.6 Å². The van der Waals surface area contributed by atoms with Gasteiger partial charge in [-0.15, -0.1) is 0 Å². The van der Waals surface area contributed by atoms with Gasteiger partial charge in [-0.3, -0.25) is 4.79 Å². The number of benzene rings is 2. The molecule has 2 aromatic rings. The van der Waals surface area contributed by atoms with Crippen molar-refractivity contribution >= 4 is 24.4 Å². The van der Waals surface area contributed by atoms with Gasteiger partial charge in [0, 0.05) is 12.8 Å². The van der Waals surface area contributed by atoms with Crippen LogP contribution in [-0.2, 0) is 30.2 Å². The van der Waals surface area contributed by atoms with Gasteiger partial charge < -0.3 is 38.9 Å². The highest BCUT2D eigenvalue weighted by atomic mass is 16.7. The highest BCUT2D eigenvalue weighted by Gasteiger charge is 2.38. The molecule has 0 fully saturated rings. The molecule has 0 aliphatic heterocycles. The first-order valence-electron chi connectivity index (χ1n) is 14.0. The van der Waals surface area contributed by atoms with E-state index in [-0.39, 0.29) is 54.1 Å². The quantitative estimate of drug-likeness (QED) is 0.173. The van der Waals surface area contributed by atoms with E-state index in [1.165, 1.54) is 25.3 Å². The summed E-state index contributed by atoms with van der Waals surface area (Å²) < 4.78 is 36.5. The van der Waals surface area contributed by atoms with Crippen molar-refractivity contribution in [2.24, 2.45) is 16.6 Å². The van der Waals surface area contributed by atoms with Crippen LogP contribution >= 0.6 is 0 Å². The maximum atomic E-state index is 12.8. The van der Waals surface area contributed by atoms with Gasteiger partial charge in [0.15, 0.2) is 11.5 Å². The van der Waals surface area contributed by atoms with Crippen LogP contribution in [0.15, 0.2) is 48.5 Å². The molecule has 12 nitrogen and oxygen atoms in total. The first-order valence-corrected chi connectivity index (χ1v) is 14.0. The summed E-state index contributed by atoms with van der Waals surface area (Å²) in [7, 11) is 1.18. The minimum atomic E-state index is -1.68. The lowest BCUT2D eigenvalue weighted by atomic mass is 9.86. The van der Waals surface area contributed by atoms with Crippen LogP contribution in [0.4, 0.5) is 14.4 Å². The van der Waals surface area contributed by atoms with E-state index in [0.717, 1.165) is 0 Å². The molecule has 12 heteroatoms. The first-order chi connectivity index (χ1) is 20.4. The van der Waals surface area contributed by atoms with E-state index in [9.17, 15) is 19.2 Å². The molecule has 44 heavy (non-hydrogen) atoms. The van der Waals surface area contributed by atoms with Crippen molar-refractivity contribution in [2.75, 3.05) is 20.3 Å². The second-order valence-electron chi connectivity index (χ2n) is 12.8. The summed E-state index contributed by atoms with van der Waals surface area (Å²) in [6, 6.07) is 12.6. The molecule has 0 aliphatic carbocycles. The molecule has 0 heterocycles.